The van der Waals surface area contributed by atoms with Crippen LogP contribution in [-0.4, -0.2) is 25.6 Å². The number of carbonyl (C=O) groups is 1. The number of anilines is 2. The summed E-state index contributed by atoms with van der Waals surface area (Å²) in [6, 6.07) is 5.99. The molecule has 1 heterocycles. The van der Waals surface area contributed by atoms with Crippen LogP contribution < -0.4 is 15.0 Å². The first kappa shape index (κ1) is 12.3. The van der Waals surface area contributed by atoms with Gasteiger partial charge >= 0.3 is 0 Å². The number of nitrogens with zero attached hydrogens (tertiary/aromatic N) is 1. The number of para-hydroxylation sites is 1. The van der Waals surface area contributed by atoms with Crippen LogP contribution in [0.25, 0.3) is 0 Å². The van der Waals surface area contributed by atoms with Crippen molar-refractivity contribution in [1.29, 1.82) is 0 Å². The molecule has 1 saturated carbocycles. The SMILES string of the molecule is CCCOc1cccc2c1NC(=O)CN2CC1CC1. The molecule has 0 unspecified atom stereocenters. The van der Waals surface area contributed by atoms with Crippen molar-refractivity contribution in [3.8, 4) is 5.75 Å². The van der Waals surface area contributed by atoms with Gasteiger partial charge in [-0.3, -0.25) is 4.79 Å². The maximum atomic E-state index is 11.9. The van der Waals surface area contributed by atoms with E-state index in [0.717, 1.165) is 36.0 Å². The Hall–Kier alpha value is -1.71. The summed E-state index contributed by atoms with van der Waals surface area (Å²) < 4.78 is 5.73. The first-order chi connectivity index (χ1) is 9.28. The van der Waals surface area contributed by atoms with Crippen molar-refractivity contribution in [2.75, 3.05) is 29.9 Å². The summed E-state index contributed by atoms with van der Waals surface area (Å²) in [4.78, 5) is 14.0. The third-order valence-electron chi connectivity index (χ3n) is 3.58. The molecule has 1 fully saturated rings. The summed E-state index contributed by atoms with van der Waals surface area (Å²) in [6.45, 7) is 4.20. The Morgan fingerprint density at radius 3 is 3.00 bits per heavy atom. The maximum Gasteiger partial charge on any atom is 0.244 e. The molecule has 1 amide bonds. The van der Waals surface area contributed by atoms with Gasteiger partial charge < -0.3 is 15.0 Å². The largest absolute Gasteiger partial charge is 0.491 e. The van der Waals surface area contributed by atoms with Gasteiger partial charge in [0, 0.05) is 6.54 Å². The molecule has 1 aliphatic carbocycles. The summed E-state index contributed by atoms with van der Waals surface area (Å²) in [5.74, 6) is 1.60. The van der Waals surface area contributed by atoms with Gasteiger partial charge in [-0.1, -0.05) is 13.0 Å². The minimum atomic E-state index is 0.0562. The van der Waals surface area contributed by atoms with E-state index in [0.29, 0.717) is 13.2 Å². The summed E-state index contributed by atoms with van der Waals surface area (Å²) in [5, 5.41) is 2.96. The number of carbonyl (C=O) groups excluding carboxylic acids is 1. The van der Waals surface area contributed by atoms with Crippen LogP contribution in [0.3, 0.4) is 0 Å². The van der Waals surface area contributed by atoms with E-state index in [4.69, 9.17) is 4.74 Å². The first-order valence-corrected chi connectivity index (χ1v) is 7.08. The second-order valence-electron chi connectivity index (χ2n) is 5.37. The Balaban J connectivity index is 1.88. The summed E-state index contributed by atoms with van der Waals surface area (Å²) >= 11 is 0. The van der Waals surface area contributed by atoms with E-state index in [9.17, 15) is 4.79 Å². The van der Waals surface area contributed by atoms with E-state index in [1.807, 2.05) is 12.1 Å². The molecule has 19 heavy (non-hydrogen) atoms. The molecule has 3 rings (SSSR count). The molecule has 1 aromatic rings. The van der Waals surface area contributed by atoms with Crippen molar-refractivity contribution in [1.82, 2.24) is 0 Å². The smallest absolute Gasteiger partial charge is 0.244 e. The Labute approximate surface area is 113 Å². The van der Waals surface area contributed by atoms with Crippen molar-refractivity contribution < 1.29 is 9.53 Å². The normalized spacial score (nSPS) is 17.9. The molecule has 2 aliphatic rings. The van der Waals surface area contributed by atoms with E-state index in [-0.39, 0.29) is 5.91 Å². The zero-order valence-electron chi connectivity index (χ0n) is 11.3. The van der Waals surface area contributed by atoms with Crippen LogP contribution in [0.2, 0.25) is 0 Å². The standard InChI is InChI=1S/C15H20N2O2/c1-2-8-19-13-5-3-4-12-15(13)16-14(18)10-17(12)9-11-6-7-11/h3-5,11H,2,6-10H2,1H3,(H,16,18). The molecule has 0 spiro atoms. The highest BCUT2D eigenvalue weighted by Gasteiger charge is 2.30. The fourth-order valence-electron chi connectivity index (χ4n) is 2.45. The number of nitrogens with one attached hydrogen (secondary N) is 1. The van der Waals surface area contributed by atoms with Crippen LogP contribution >= 0.6 is 0 Å². The van der Waals surface area contributed by atoms with Gasteiger partial charge in [-0.25, -0.2) is 0 Å². The highest BCUT2D eigenvalue weighted by molar-refractivity contribution is 6.03. The van der Waals surface area contributed by atoms with Gasteiger partial charge in [0.2, 0.25) is 5.91 Å². The molecule has 0 radical (unpaired) electrons. The summed E-state index contributed by atoms with van der Waals surface area (Å²) in [5.41, 5.74) is 1.94. The fraction of sp³-hybridized carbons (Fsp3) is 0.533. The molecule has 0 aromatic heterocycles. The van der Waals surface area contributed by atoms with Crippen molar-refractivity contribution in [2.45, 2.75) is 26.2 Å². The lowest BCUT2D eigenvalue weighted by atomic mass is 10.1. The zero-order chi connectivity index (χ0) is 13.2. The molecule has 4 heteroatoms. The zero-order valence-corrected chi connectivity index (χ0v) is 11.3. The molecule has 0 bridgehead atoms. The molecule has 102 valence electrons. The Morgan fingerprint density at radius 2 is 2.26 bits per heavy atom. The lowest BCUT2D eigenvalue weighted by Gasteiger charge is -2.32. The van der Waals surface area contributed by atoms with E-state index in [2.05, 4.69) is 23.2 Å². The van der Waals surface area contributed by atoms with E-state index < -0.39 is 0 Å². The molecular formula is C15H20N2O2. The molecule has 1 aliphatic heterocycles. The Bertz CT molecular complexity index is 483. The van der Waals surface area contributed by atoms with E-state index in [1.165, 1.54) is 12.8 Å². The lowest BCUT2D eigenvalue weighted by Crippen LogP contribution is -2.39. The number of ether oxygens (including phenoxy) is 1. The molecule has 4 nitrogen and oxygen atoms in total. The van der Waals surface area contributed by atoms with Gasteiger partial charge in [-0.05, 0) is 37.3 Å². The predicted octanol–water partition coefficient (Wildman–Crippen LogP) is 2.64. The Morgan fingerprint density at radius 1 is 1.42 bits per heavy atom. The van der Waals surface area contributed by atoms with Crippen LogP contribution in [-0.2, 0) is 4.79 Å². The summed E-state index contributed by atoms with van der Waals surface area (Å²) in [6.07, 6.45) is 3.54. The van der Waals surface area contributed by atoms with Gasteiger partial charge in [0.1, 0.15) is 11.4 Å². The number of amides is 1. The van der Waals surface area contributed by atoms with Crippen LogP contribution in [0.1, 0.15) is 26.2 Å². The summed E-state index contributed by atoms with van der Waals surface area (Å²) in [7, 11) is 0. The molecule has 1 aromatic carbocycles. The van der Waals surface area contributed by atoms with Crippen molar-refractivity contribution in [3.05, 3.63) is 18.2 Å². The fourth-order valence-corrected chi connectivity index (χ4v) is 2.45. The van der Waals surface area contributed by atoms with Crippen molar-refractivity contribution in [3.63, 3.8) is 0 Å². The van der Waals surface area contributed by atoms with Crippen LogP contribution in [0.5, 0.6) is 5.75 Å². The quantitative estimate of drug-likeness (QED) is 0.885. The minimum absolute atomic E-state index is 0.0562. The van der Waals surface area contributed by atoms with Gasteiger partial charge in [-0.2, -0.15) is 0 Å². The van der Waals surface area contributed by atoms with Crippen LogP contribution in [0.15, 0.2) is 18.2 Å². The molecule has 0 saturated heterocycles. The highest BCUT2D eigenvalue weighted by atomic mass is 16.5. The Kier molecular flexibility index (Phi) is 3.32. The maximum absolute atomic E-state index is 11.9. The number of fused-ring (bicyclic) bond motifs is 1. The predicted molar refractivity (Wildman–Crippen MR) is 75.8 cm³/mol. The monoisotopic (exact) mass is 260 g/mol. The van der Waals surface area contributed by atoms with Gasteiger partial charge in [0.15, 0.2) is 0 Å². The topological polar surface area (TPSA) is 41.6 Å². The number of rotatable bonds is 5. The minimum Gasteiger partial charge on any atom is -0.491 e. The average Bonchev–Trinajstić information content (AvgIpc) is 3.20. The number of hydrogen-bond acceptors (Lipinski definition) is 3. The highest BCUT2D eigenvalue weighted by Crippen LogP contribution is 2.40. The third-order valence-corrected chi connectivity index (χ3v) is 3.58. The van der Waals surface area contributed by atoms with Crippen molar-refractivity contribution in [2.24, 2.45) is 5.92 Å². The second kappa shape index (κ2) is 5.11. The van der Waals surface area contributed by atoms with Gasteiger partial charge in [0.25, 0.3) is 0 Å². The average molecular weight is 260 g/mol. The van der Waals surface area contributed by atoms with Gasteiger partial charge in [0.05, 0.1) is 18.8 Å². The molecule has 0 atom stereocenters. The second-order valence-corrected chi connectivity index (χ2v) is 5.37. The van der Waals surface area contributed by atoms with E-state index >= 15 is 0 Å². The van der Waals surface area contributed by atoms with E-state index in [1.54, 1.807) is 0 Å². The van der Waals surface area contributed by atoms with Crippen LogP contribution in [0.4, 0.5) is 11.4 Å². The molecule has 1 N–H and O–H groups in total. The van der Waals surface area contributed by atoms with Crippen LogP contribution in [0, 0.1) is 5.92 Å². The number of benzene rings is 1. The lowest BCUT2D eigenvalue weighted by molar-refractivity contribution is -0.115. The van der Waals surface area contributed by atoms with Gasteiger partial charge in [-0.15, -0.1) is 0 Å². The van der Waals surface area contributed by atoms with Crippen molar-refractivity contribution >= 4 is 17.3 Å². The molecular weight excluding hydrogens is 240 g/mol. The number of hydrogen-bond donors (Lipinski definition) is 1. The first-order valence-electron chi connectivity index (χ1n) is 7.08. The third kappa shape index (κ3) is 2.67.